The predicted octanol–water partition coefficient (Wildman–Crippen LogP) is 2.87. The third kappa shape index (κ3) is 3.40. The maximum Gasteiger partial charge on any atom is 0.416 e. The molecule has 0 bridgehead atoms. The SMILES string of the molecule is COC(=O)[C@@H]1CCCCN1C(=O)c1ccc(C(F)(F)F)cc1. The van der Waals surface area contributed by atoms with Crippen LogP contribution in [0.2, 0.25) is 0 Å². The number of hydrogen-bond acceptors (Lipinski definition) is 3. The van der Waals surface area contributed by atoms with Crippen LogP contribution in [-0.4, -0.2) is 36.5 Å². The van der Waals surface area contributed by atoms with E-state index >= 15 is 0 Å². The number of alkyl halides is 3. The molecule has 120 valence electrons. The minimum atomic E-state index is -4.44. The number of ether oxygens (including phenoxy) is 1. The molecule has 0 aromatic heterocycles. The summed E-state index contributed by atoms with van der Waals surface area (Å²) in [7, 11) is 1.25. The van der Waals surface area contributed by atoms with Crippen molar-refractivity contribution in [3.63, 3.8) is 0 Å². The Kier molecular flexibility index (Phi) is 4.73. The predicted molar refractivity (Wildman–Crippen MR) is 72.1 cm³/mol. The molecule has 1 aromatic carbocycles. The van der Waals surface area contributed by atoms with Gasteiger partial charge in [0, 0.05) is 12.1 Å². The van der Waals surface area contributed by atoms with E-state index in [9.17, 15) is 22.8 Å². The molecular formula is C15H16F3NO3. The Labute approximate surface area is 125 Å². The van der Waals surface area contributed by atoms with Crippen molar-refractivity contribution in [1.82, 2.24) is 4.90 Å². The molecule has 1 fully saturated rings. The van der Waals surface area contributed by atoms with E-state index in [0.29, 0.717) is 13.0 Å². The van der Waals surface area contributed by atoms with E-state index in [1.807, 2.05) is 0 Å². The molecule has 1 aliphatic rings. The fourth-order valence-electron chi connectivity index (χ4n) is 2.52. The summed E-state index contributed by atoms with van der Waals surface area (Å²) in [5.74, 6) is -0.955. The van der Waals surface area contributed by atoms with Crippen LogP contribution in [0.1, 0.15) is 35.2 Å². The Morgan fingerprint density at radius 2 is 1.82 bits per heavy atom. The lowest BCUT2D eigenvalue weighted by Crippen LogP contribution is -2.48. The van der Waals surface area contributed by atoms with Crippen molar-refractivity contribution in [2.75, 3.05) is 13.7 Å². The van der Waals surface area contributed by atoms with Gasteiger partial charge in [-0.3, -0.25) is 4.79 Å². The second kappa shape index (κ2) is 6.37. The highest BCUT2D eigenvalue weighted by atomic mass is 19.4. The maximum absolute atomic E-state index is 12.5. The number of methoxy groups -OCH3 is 1. The molecule has 2 rings (SSSR count). The van der Waals surface area contributed by atoms with Gasteiger partial charge in [-0.2, -0.15) is 13.2 Å². The summed E-state index contributed by atoms with van der Waals surface area (Å²) in [4.78, 5) is 25.5. The lowest BCUT2D eigenvalue weighted by atomic mass is 10.0. The van der Waals surface area contributed by atoms with Gasteiger partial charge in [-0.15, -0.1) is 0 Å². The summed E-state index contributed by atoms with van der Waals surface area (Å²) in [6, 6.07) is 3.32. The Morgan fingerprint density at radius 3 is 2.36 bits per heavy atom. The second-order valence-electron chi connectivity index (χ2n) is 5.11. The molecule has 1 aliphatic heterocycles. The molecule has 0 radical (unpaired) electrons. The lowest BCUT2D eigenvalue weighted by Gasteiger charge is -2.33. The molecule has 0 spiro atoms. The molecule has 1 aromatic rings. The Morgan fingerprint density at radius 1 is 1.18 bits per heavy atom. The fourth-order valence-corrected chi connectivity index (χ4v) is 2.52. The molecule has 0 saturated carbocycles. The van der Waals surface area contributed by atoms with Crippen LogP contribution in [0.25, 0.3) is 0 Å². The number of halogens is 3. The van der Waals surface area contributed by atoms with Gasteiger partial charge in [-0.1, -0.05) is 0 Å². The summed E-state index contributed by atoms with van der Waals surface area (Å²) in [5, 5.41) is 0. The summed E-state index contributed by atoms with van der Waals surface area (Å²) in [6.45, 7) is 0.389. The average molecular weight is 315 g/mol. The van der Waals surface area contributed by atoms with E-state index in [1.54, 1.807) is 0 Å². The fraction of sp³-hybridized carbons (Fsp3) is 0.467. The van der Waals surface area contributed by atoms with Crippen LogP contribution >= 0.6 is 0 Å². The Bertz CT molecular complexity index is 554. The van der Waals surface area contributed by atoms with Crippen LogP contribution in [0.4, 0.5) is 13.2 Å². The summed E-state index contributed by atoms with van der Waals surface area (Å²) in [5.41, 5.74) is -0.684. The molecule has 0 unspecified atom stereocenters. The normalized spacial score (nSPS) is 18.9. The smallest absolute Gasteiger partial charge is 0.416 e. The van der Waals surface area contributed by atoms with Crippen LogP contribution in [0, 0.1) is 0 Å². The van der Waals surface area contributed by atoms with E-state index in [4.69, 9.17) is 0 Å². The number of carbonyl (C=O) groups is 2. The van der Waals surface area contributed by atoms with E-state index < -0.39 is 29.7 Å². The molecule has 7 heteroatoms. The van der Waals surface area contributed by atoms with Crippen molar-refractivity contribution in [2.45, 2.75) is 31.5 Å². The van der Waals surface area contributed by atoms with Gasteiger partial charge in [0.05, 0.1) is 12.7 Å². The Hall–Kier alpha value is -2.05. The average Bonchev–Trinajstić information content (AvgIpc) is 2.52. The summed E-state index contributed by atoms with van der Waals surface area (Å²) >= 11 is 0. The summed E-state index contributed by atoms with van der Waals surface area (Å²) in [6.07, 6.45) is -2.39. The molecule has 1 heterocycles. The molecule has 0 N–H and O–H groups in total. The van der Waals surface area contributed by atoms with Crippen LogP contribution in [0.5, 0.6) is 0 Å². The maximum atomic E-state index is 12.5. The van der Waals surface area contributed by atoms with Crippen LogP contribution in [0.15, 0.2) is 24.3 Å². The number of amides is 1. The van der Waals surface area contributed by atoms with Crippen LogP contribution in [0.3, 0.4) is 0 Å². The highest BCUT2D eigenvalue weighted by Gasteiger charge is 2.34. The van der Waals surface area contributed by atoms with Gasteiger partial charge in [-0.25, -0.2) is 4.79 Å². The number of nitrogens with zero attached hydrogens (tertiary/aromatic N) is 1. The highest BCUT2D eigenvalue weighted by molar-refractivity contribution is 5.97. The minimum absolute atomic E-state index is 0.129. The lowest BCUT2D eigenvalue weighted by molar-refractivity contribution is -0.147. The number of carbonyl (C=O) groups excluding carboxylic acids is 2. The van der Waals surface area contributed by atoms with Gasteiger partial charge in [0.2, 0.25) is 0 Å². The van der Waals surface area contributed by atoms with Crippen molar-refractivity contribution in [3.8, 4) is 0 Å². The van der Waals surface area contributed by atoms with Gasteiger partial charge in [0.25, 0.3) is 5.91 Å². The van der Waals surface area contributed by atoms with Crippen LogP contribution < -0.4 is 0 Å². The van der Waals surface area contributed by atoms with Gasteiger partial charge in [0.15, 0.2) is 0 Å². The standard InChI is InChI=1S/C15H16F3NO3/c1-22-14(21)12-4-2-3-9-19(12)13(20)10-5-7-11(8-6-10)15(16,17)18/h5-8,12H,2-4,9H2,1H3/t12-/m0/s1. The van der Waals surface area contributed by atoms with E-state index in [-0.39, 0.29) is 5.56 Å². The number of hydrogen-bond donors (Lipinski definition) is 0. The van der Waals surface area contributed by atoms with Crippen molar-refractivity contribution in [1.29, 1.82) is 0 Å². The number of likely N-dealkylation sites (tertiary alicyclic amines) is 1. The topological polar surface area (TPSA) is 46.6 Å². The number of rotatable bonds is 2. The molecule has 4 nitrogen and oxygen atoms in total. The number of esters is 1. The highest BCUT2D eigenvalue weighted by Crippen LogP contribution is 2.29. The summed E-state index contributed by atoms with van der Waals surface area (Å²) < 4.78 is 42.3. The first-order chi connectivity index (χ1) is 10.3. The molecule has 1 saturated heterocycles. The molecule has 1 amide bonds. The van der Waals surface area contributed by atoms with Gasteiger partial charge >= 0.3 is 12.1 Å². The first-order valence-electron chi connectivity index (χ1n) is 6.90. The van der Waals surface area contributed by atoms with E-state index in [2.05, 4.69) is 4.74 Å². The second-order valence-corrected chi connectivity index (χ2v) is 5.11. The first kappa shape index (κ1) is 16.3. The van der Waals surface area contributed by atoms with Crippen molar-refractivity contribution >= 4 is 11.9 Å². The third-order valence-electron chi connectivity index (χ3n) is 3.70. The molecule has 1 atom stereocenters. The largest absolute Gasteiger partial charge is 0.467 e. The zero-order valence-electron chi connectivity index (χ0n) is 12.0. The van der Waals surface area contributed by atoms with E-state index in [0.717, 1.165) is 37.1 Å². The monoisotopic (exact) mass is 315 g/mol. The zero-order valence-corrected chi connectivity index (χ0v) is 12.0. The first-order valence-corrected chi connectivity index (χ1v) is 6.90. The van der Waals surface area contributed by atoms with Gasteiger partial charge in [-0.05, 0) is 43.5 Å². The third-order valence-corrected chi connectivity index (χ3v) is 3.70. The van der Waals surface area contributed by atoms with Gasteiger partial charge < -0.3 is 9.64 Å². The van der Waals surface area contributed by atoms with E-state index in [1.165, 1.54) is 12.0 Å². The Balaban J connectivity index is 2.20. The molecule has 22 heavy (non-hydrogen) atoms. The molecular weight excluding hydrogens is 299 g/mol. The quantitative estimate of drug-likeness (QED) is 0.789. The van der Waals surface area contributed by atoms with Gasteiger partial charge in [0.1, 0.15) is 6.04 Å². The minimum Gasteiger partial charge on any atom is -0.467 e. The number of benzene rings is 1. The van der Waals surface area contributed by atoms with Crippen molar-refractivity contribution < 1.29 is 27.5 Å². The number of piperidine rings is 1. The van der Waals surface area contributed by atoms with Crippen molar-refractivity contribution in [2.24, 2.45) is 0 Å². The zero-order chi connectivity index (χ0) is 16.3. The van der Waals surface area contributed by atoms with Crippen LogP contribution in [-0.2, 0) is 15.7 Å². The van der Waals surface area contributed by atoms with Crippen molar-refractivity contribution in [3.05, 3.63) is 35.4 Å². The molecule has 0 aliphatic carbocycles.